The van der Waals surface area contributed by atoms with E-state index in [2.05, 4.69) is 202 Å². The van der Waals surface area contributed by atoms with Crippen molar-refractivity contribution < 1.29 is 25.8 Å². The maximum absolute atomic E-state index is 6.74. The van der Waals surface area contributed by atoms with E-state index in [0.29, 0.717) is 11.5 Å². The molecule has 6 nitrogen and oxygen atoms in total. The number of imidazole rings is 1. The molecule has 0 fully saturated rings. The first-order chi connectivity index (χ1) is 31.3. The third-order valence-electron chi connectivity index (χ3n) is 12.7. The smallest absolute Gasteiger partial charge is 0.503 e. The molecule has 0 saturated heterocycles. The van der Waals surface area contributed by atoms with Crippen LogP contribution in [-0.2, 0) is 21.1 Å². The molecular formula is C56H35N5OPtSi. The number of anilines is 3. The molecule has 0 unspecified atom stereocenters. The first-order valence-corrected chi connectivity index (χ1v) is 23.2. The van der Waals surface area contributed by atoms with Crippen LogP contribution in [0.1, 0.15) is 0 Å². The fourth-order valence-electron chi connectivity index (χ4n) is 10.2. The summed E-state index contributed by atoms with van der Waals surface area (Å²) in [5.41, 5.74) is 7.22. The summed E-state index contributed by atoms with van der Waals surface area (Å²) in [4.78, 5) is 12.4. The van der Waals surface area contributed by atoms with Crippen LogP contribution in [0.5, 0.6) is 11.5 Å². The summed E-state index contributed by atoms with van der Waals surface area (Å²) in [6.45, 7) is 0. The quantitative estimate of drug-likeness (QED) is 0.0946. The fraction of sp³-hybridized carbons (Fsp3) is 0. The Bertz CT molecular complexity index is 3700. The molecule has 8 heteroatoms. The van der Waals surface area contributed by atoms with Crippen molar-refractivity contribution in [1.82, 2.24) is 18.9 Å². The molecule has 12 aromatic rings. The van der Waals surface area contributed by atoms with Gasteiger partial charge < -0.3 is 18.6 Å². The largest absolute Gasteiger partial charge is 2.00 e. The second-order valence-corrected chi connectivity index (χ2v) is 19.7. The maximum atomic E-state index is 6.74. The number of benzene rings is 8. The van der Waals surface area contributed by atoms with Gasteiger partial charge in [-0.25, -0.2) is 4.98 Å². The van der Waals surface area contributed by atoms with E-state index in [9.17, 15) is 0 Å². The van der Waals surface area contributed by atoms with Gasteiger partial charge in [0.2, 0.25) is 0 Å². The van der Waals surface area contributed by atoms with Crippen LogP contribution in [0.15, 0.2) is 213 Å². The molecule has 1 aliphatic heterocycles. The SMILES string of the molecule is [Pt+2].[c-]1c(Oc2[c-]c3c(cc2)c2ccccc2n2ccnc32)cccc1N1c2ncccc2[Si](c2ccccc2)(c2ccccc2)c2ccc3c(c21)c1ccccc1n3-c1ccccc1. The molecular weight excluding hydrogens is 982 g/mol. The summed E-state index contributed by atoms with van der Waals surface area (Å²) in [7, 11) is -3.03. The van der Waals surface area contributed by atoms with Crippen LogP contribution in [0.3, 0.4) is 0 Å². The normalized spacial score (nSPS) is 13.0. The Hall–Kier alpha value is -7.57. The molecule has 0 saturated carbocycles. The number of hydrogen-bond donors (Lipinski definition) is 0. The van der Waals surface area contributed by atoms with Gasteiger partial charge in [0.25, 0.3) is 0 Å². The molecule has 0 N–H and O–H groups in total. The van der Waals surface area contributed by atoms with Crippen molar-refractivity contribution in [3.63, 3.8) is 0 Å². The van der Waals surface area contributed by atoms with Crippen LogP contribution in [-0.4, -0.2) is 27.0 Å². The Morgan fingerprint density at radius 1 is 0.484 bits per heavy atom. The second-order valence-electron chi connectivity index (χ2n) is 16.0. The number of pyridine rings is 2. The molecule has 1 aliphatic rings. The molecule has 0 atom stereocenters. The molecule has 8 aromatic carbocycles. The van der Waals surface area contributed by atoms with Crippen LogP contribution in [0, 0.1) is 12.1 Å². The summed E-state index contributed by atoms with van der Waals surface area (Å²) in [5.74, 6) is 2.04. The summed E-state index contributed by atoms with van der Waals surface area (Å²) >= 11 is 0. The topological polar surface area (TPSA) is 47.6 Å². The Balaban J connectivity index is 0.00000433. The van der Waals surface area contributed by atoms with Crippen LogP contribution in [0.25, 0.3) is 54.8 Å². The van der Waals surface area contributed by atoms with Gasteiger partial charge in [0, 0.05) is 52.1 Å². The molecule has 5 heterocycles. The van der Waals surface area contributed by atoms with Gasteiger partial charge >= 0.3 is 21.1 Å². The molecule has 0 spiro atoms. The minimum atomic E-state index is -3.03. The number of aromatic nitrogens is 4. The molecule has 0 radical (unpaired) electrons. The van der Waals surface area contributed by atoms with Crippen LogP contribution >= 0.6 is 0 Å². The molecule has 64 heavy (non-hydrogen) atoms. The predicted octanol–water partition coefficient (Wildman–Crippen LogP) is 10.7. The van der Waals surface area contributed by atoms with Crippen molar-refractivity contribution in [2.24, 2.45) is 0 Å². The number of ether oxygens (including phenoxy) is 1. The van der Waals surface area contributed by atoms with E-state index in [-0.39, 0.29) is 21.1 Å². The second kappa shape index (κ2) is 15.1. The molecule has 304 valence electrons. The van der Waals surface area contributed by atoms with E-state index < -0.39 is 8.07 Å². The monoisotopic (exact) mass is 1020 g/mol. The van der Waals surface area contributed by atoms with Crippen molar-refractivity contribution in [3.05, 3.63) is 225 Å². The van der Waals surface area contributed by atoms with Gasteiger partial charge in [0.1, 0.15) is 5.82 Å². The zero-order chi connectivity index (χ0) is 41.5. The van der Waals surface area contributed by atoms with Crippen molar-refractivity contribution >= 4 is 95.1 Å². The minimum absolute atomic E-state index is 0. The van der Waals surface area contributed by atoms with E-state index >= 15 is 0 Å². The van der Waals surface area contributed by atoms with Gasteiger partial charge in [-0.15, -0.1) is 30.3 Å². The maximum Gasteiger partial charge on any atom is 2.00 e. The first-order valence-electron chi connectivity index (χ1n) is 21.2. The van der Waals surface area contributed by atoms with E-state index in [1.54, 1.807) is 0 Å². The van der Waals surface area contributed by atoms with Crippen molar-refractivity contribution in [1.29, 1.82) is 0 Å². The number of nitrogens with zero attached hydrogens (tertiary/aromatic N) is 5. The standard InChI is InChI=1S/C56H35N5OSi.Pt/c1-4-16-38(17-5-1)60-49-27-13-11-25-46(49)53-50(60)31-32-51-54(53)61(56-52(28-15-33-57-56)63(51,42-20-6-2-7-21-42)43-22-8-3-9-23-43)39-18-14-19-40(36-39)62-41-29-30-44-45-24-10-12-26-48(45)59-35-34-58-55(59)47(44)37-41;/h1-35H;/q-2;+2. The Labute approximate surface area is 384 Å². The zero-order valence-electron chi connectivity index (χ0n) is 34.2. The minimum Gasteiger partial charge on any atom is -0.503 e. The summed E-state index contributed by atoms with van der Waals surface area (Å²) in [6, 6.07) is 76.7. The zero-order valence-corrected chi connectivity index (χ0v) is 37.4. The average molecular weight is 1020 g/mol. The molecule has 13 rings (SSSR count). The number of hydrogen-bond acceptors (Lipinski definition) is 4. The van der Waals surface area contributed by atoms with Gasteiger partial charge in [0.15, 0.2) is 8.07 Å². The fourth-order valence-corrected chi connectivity index (χ4v) is 15.3. The summed E-state index contributed by atoms with van der Waals surface area (Å²) < 4.78 is 11.3. The third kappa shape index (κ3) is 5.54. The Morgan fingerprint density at radius 2 is 1.17 bits per heavy atom. The Morgan fingerprint density at radius 3 is 1.95 bits per heavy atom. The van der Waals surface area contributed by atoms with Gasteiger partial charge in [-0.3, -0.25) is 4.98 Å². The van der Waals surface area contributed by atoms with Gasteiger partial charge in [0.05, 0.1) is 22.4 Å². The van der Waals surface area contributed by atoms with E-state index in [1.165, 1.54) is 20.7 Å². The number of rotatable bonds is 6. The van der Waals surface area contributed by atoms with Crippen LogP contribution < -0.4 is 30.4 Å². The predicted molar refractivity (Wildman–Crippen MR) is 258 cm³/mol. The molecule has 0 aliphatic carbocycles. The van der Waals surface area contributed by atoms with Gasteiger partial charge in [-0.1, -0.05) is 150 Å². The summed E-state index contributed by atoms with van der Waals surface area (Å²) in [5, 5.41) is 10.5. The van der Waals surface area contributed by atoms with Gasteiger partial charge in [-0.05, 0) is 62.5 Å². The van der Waals surface area contributed by atoms with Crippen molar-refractivity contribution in [2.45, 2.75) is 0 Å². The van der Waals surface area contributed by atoms with Crippen molar-refractivity contribution in [2.75, 3.05) is 4.90 Å². The number of fused-ring (bicyclic) bond motifs is 12. The van der Waals surface area contributed by atoms with Crippen LogP contribution in [0.2, 0.25) is 0 Å². The van der Waals surface area contributed by atoms with Crippen molar-refractivity contribution in [3.8, 4) is 17.2 Å². The average Bonchev–Trinajstić information content (AvgIpc) is 3.99. The molecule has 0 amide bonds. The summed E-state index contributed by atoms with van der Waals surface area (Å²) in [6.07, 6.45) is 5.76. The van der Waals surface area contributed by atoms with E-state index in [1.807, 2.05) is 36.8 Å². The Kier molecular flexibility index (Phi) is 8.97. The van der Waals surface area contributed by atoms with E-state index in [0.717, 1.165) is 72.0 Å². The van der Waals surface area contributed by atoms with Crippen LogP contribution in [0.4, 0.5) is 17.2 Å². The molecule has 4 aromatic heterocycles. The van der Waals surface area contributed by atoms with E-state index in [4.69, 9.17) is 14.7 Å². The number of para-hydroxylation sites is 3. The van der Waals surface area contributed by atoms with Gasteiger partial charge in [-0.2, -0.15) is 6.07 Å². The first kappa shape index (κ1) is 38.1. The third-order valence-corrected chi connectivity index (χ3v) is 17.5. The molecule has 0 bridgehead atoms.